The zero-order chi connectivity index (χ0) is 7.40. The number of hydrogen-bond acceptors (Lipinski definition) is 3. The second-order valence-electron chi connectivity index (χ2n) is 1.81. The van der Waals surface area contributed by atoms with E-state index in [2.05, 4.69) is 9.97 Å². The molecule has 0 atom stereocenters. The molecule has 1 rings (SSSR count). The molecule has 0 radical (unpaired) electrons. The van der Waals surface area contributed by atoms with Gasteiger partial charge < -0.3 is 4.98 Å². The van der Waals surface area contributed by atoms with Crippen LogP contribution >= 0.6 is 11.8 Å². The monoisotopic (exact) mass is 156 g/mol. The Morgan fingerprint density at radius 3 is 3.20 bits per heavy atom. The number of nitrogens with zero attached hydrogens (tertiary/aromatic N) is 1. The van der Waals surface area contributed by atoms with Crippen molar-refractivity contribution in [2.75, 3.05) is 6.26 Å². The first-order valence-electron chi connectivity index (χ1n) is 2.86. The highest BCUT2D eigenvalue weighted by Crippen LogP contribution is 1.99. The zero-order valence-corrected chi connectivity index (χ0v) is 6.44. The van der Waals surface area contributed by atoms with E-state index in [1.54, 1.807) is 11.8 Å². The summed E-state index contributed by atoms with van der Waals surface area (Å²) in [5.74, 6) is 1.50. The molecule has 0 amide bonds. The Kier molecular flexibility index (Phi) is 2.50. The minimum Gasteiger partial charge on any atom is -0.310 e. The van der Waals surface area contributed by atoms with Crippen LogP contribution in [0, 0.1) is 0 Å². The summed E-state index contributed by atoms with van der Waals surface area (Å²) in [7, 11) is 0. The lowest BCUT2D eigenvalue weighted by Crippen LogP contribution is -2.07. The van der Waals surface area contributed by atoms with Crippen LogP contribution < -0.4 is 5.56 Å². The maximum Gasteiger partial charge on any atom is 0.250 e. The summed E-state index contributed by atoms with van der Waals surface area (Å²) in [4.78, 5) is 17.2. The van der Waals surface area contributed by atoms with E-state index in [0.717, 1.165) is 11.6 Å². The molecule has 0 fully saturated rings. The smallest absolute Gasteiger partial charge is 0.250 e. The molecular weight excluding hydrogens is 148 g/mol. The van der Waals surface area contributed by atoms with Gasteiger partial charge in [0.05, 0.1) is 5.75 Å². The van der Waals surface area contributed by atoms with E-state index in [-0.39, 0.29) is 5.56 Å². The van der Waals surface area contributed by atoms with E-state index in [1.807, 2.05) is 6.26 Å². The molecule has 0 aliphatic carbocycles. The lowest BCUT2D eigenvalue weighted by molar-refractivity contribution is 1.00. The number of nitrogens with one attached hydrogen (secondary N) is 1. The van der Waals surface area contributed by atoms with Gasteiger partial charge in [-0.1, -0.05) is 0 Å². The molecule has 0 aliphatic heterocycles. The van der Waals surface area contributed by atoms with Crippen molar-refractivity contribution in [1.29, 1.82) is 0 Å². The van der Waals surface area contributed by atoms with Crippen LogP contribution in [0.3, 0.4) is 0 Å². The first kappa shape index (κ1) is 7.34. The van der Waals surface area contributed by atoms with E-state index in [0.29, 0.717) is 0 Å². The van der Waals surface area contributed by atoms with Gasteiger partial charge in [-0.15, -0.1) is 0 Å². The minimum absolute atomic E-state index is 0.0842. The lowest BCUT2D eigenvalue weighted by Gasteiger charge is -1.93. The predicted octanol–water partition coefficient (Wildman–Crippen LogP) is 0.633. The van der Waals surface area contributed by atoms with E-state index in [9.17, 15) is 4.79 Å². The van der Waals surface area contributed by atoms with Crippen LogP contribution in [0.15, 0.2) is 17.1 Å². The summed E-state index contributed by atoms with van der Waals surface area (Å²) in [5, 5.41) is 0. The second kappa shape index (κ2) is 3.41. The third-order valence-corrected chi connectivity index (χ3v) is 1.57. The number of hydrogen-bond donors (Lipinski definition) is 1. The number of aromatic amines is 1. The molecule has 0 unspecified atom stereocenters. The molecule has 3 nitrogen and oxygen atoms in total. The molecule has 0 aromatic carbocycles. The summed E-state index contributed by atoms with van der Waals surface area (Å²) in [6.07, 6.45) is 3.48. The SMILES string of the molecule is CSCc1nccc(=O)[nH]1. The van der Waals surface area contributed by atoms with Crippen LogP contribution in [-0.2, 0) is 5.75 Å². The highest BCUT2D eigenvalue weighted by Gasteiger charge is 1.90. The maximum absolute atomic E-state index is 10.7. The van der Waals surface area contributed by atoms with Gasteiger partial charge in [-0.05, 0) is 6.26 Å². The summed E-state index contributed by atoms with van der Waals surface area (Å²) in [5.41, 5.74) is -0.0842. The number of rotatable bonds is 2. The molecule has 54 valence electrons. The number of H-pyrrole nitrogens is 1. The molecule has 1 aromatic heterocycles. The molecule has 1 heterocycles. The Bertz CT molecular complexity index is 258. The topological polar surface area (TPSA) is 45.8 Å². The van der Waals surface area contributed by atoms with Gasteiger partial charge in [0.15, 0.2) is 0 Å². The van der Waals surface area contributed by atoms with Crippen molar-refractivity contribution in [2.45, 2.75) is 5.75 Å². The van der Waals surface area contributed by atoms with E-state index >= 15 is 0 Å². The van der Waals surface area contributed by atoms with Gasteiger partial charge in [0, 0.05) is 12.3 Å². The van der Waals surface area contributed by atoms with Gasteiger partial charge in [0.25, 0.3) is 5.56 Å². The van der Waals surface area contributed by atoms with Crippen molar-refractivity contribution >= 4 is 11.8 Å². The van der Waals surface area contributed by atoms with Crippen LogP contribution in [0.1, 0.15) is 5.82 Å². The highest BCUT2D eigenvalue weighted by molar-refractivity contribution is 7.97. The van der Waals surface area contributed by atoms with Crippen molar-refractivity contribution in [2.24, 2.45) is 0 Å². The molecule has 1 N–H and O–H groups in total. The van der Waals surface area contributed by atoms with E-state index in [1.165, 1.54) is 12.3 Å². The van der Waals surface area contributed by atoms with E-state index in [4.69, 9.17) is 0 Å². The van der Waals surface area contributed by atoms with Crippen LogP contribution in [0.25, 0.3) is 0 Å². The van der Waals surface area contributed by atoms with Crippen LogP contribution in [-0.4, -0.2) is 16.2 Å². The van der Waals surface area contributed by atoms with Gasteiger partial charge >= 0.3 is 0 Å². The van der Waals surface area contributed by atoms with Crippen molar-refractivity contribution in [3.05, 3.63) is 28.4 Å². The molecule has 0 spiro atoms. The van der Waals surface area contributed by atoms with Gasteiger partial charge in [-0.2, -0.15) is 11.8 Å². The van der Waals surface area contributed by atoms with Crippen LogP contribution in [0.2, 0.25) is 0 Å². The Morgan fingerprint density at radius 1 is 1.80 bits per heavy atom. The fraction of sp³-hybridized carbons (Fsp3) is 0.333. The zero-order valence-electron chi connectivity index (χ0n) is 5.63. The largest absolute Gasteiger partial charge is 0.310 e. The van der Waals surface area contributed by atoms with Crippen molar-refractivity contribution in [1.82, 2.24) is 9.97 Å². The highest BCUT2D eigenvalue weighted by atomic mass is 32.2. The molecular formula is C6H8N2OS. The Balaban J connectivity index is 2.85. The standard InChI is InChI=1S/C6H8N2OS/c1-10-4-5-7-3-2-6(9)8-5/h2-3H,4H2,1H3,(H,7,8,9). The molecule has 10 heavy (non-hydrogen) atoms. The Morgan fingerprint density at radius 2 is 2.60 bits per heavy atom. The Labute approximate surface area is 62.9 Å². The second-order valence-corrected chi connectivity index (χ2v) is 2.68. The maximum atomic E-state index is 10.7. The van der Waals surface area contributed by atoms with E-state index < -0.39 is 0 Å². The third-order valence-electron chi connectivity index (χ3n) is 1.00. The average Bonchev–Trinajstić information content (AvgIpc) is 1.88. The summed E-state index contributed by atoms with van der Waals surface area (Å²) in [6, 6.07) is 1.41. The van der Waals surface area contributed by atoms with Crippen molar-refractivity contribution < 1.29 is 0 Å². The summed E-state index contributed by atoms with van der Waals surface area (Å²) < 4.78 is 0. The minimum atomic E-state index is -0.0842. The predicted molar refractivity (Wildman–Crippen MR) is 42.1 cm³/mol. The van der Waals surface area contributed by atoms with Crippen molar-refractivity contribution in [3.8, 4) is 0 Å². The molecule has 0 saturated heterocycles. The lowest BCUT2D eigenvalue weighted by atomic mass is 10.6. The first-order chi connectivity index (χ1) is 4.83. The van der Waals surface area contributed by atoms with Crippen molar-refractivity contribution in [3.63, 3.8) is 0 Å². The molecule has 0 aliphatic rings. The molecule has 0 saturated carbocycles. The fourth-order valence-electron chi connectivity index (χ4n) is 0.621. The van der Waals surface area contributed by atoms with Gasteiger partial charge in [0.1, 0.15) is 5.82 Å². The van der Waals surface area contributed by atoms with Gasteiger partial charge in [0.2, 0.25) is 0 Å². The number of thioether (sulfide) groups is 1. The van der Waals surface area contributed by atoms with Crippen LogP contribution in [0.4, 0.5) is 0 Å². The molecule has 4 heteroatoms. The average molecular weight is 156 g/mol. The summed E-state index contributed by atoms with van der Waals surface area (Å²) >= 11 is 1.63. The summed E-state index contributed by atoms with van der Waals surface area (Å²) in [6.45, 7) is 0. The quantitative estimate of drug-likeness (QED) is 0.683. The fourth-order valence-corrected chi connectivity index (χ4v) is 1.04. The number of aromatic nitrogens is 2. The third kappa shape index (κ3) is 1.88. The van der Waals surface area contributed by atoms with Crippen LogP contribution in [0.5, 0.6) is 0 Å². The molecule has 0 bridgehead atoms. The molecule has 1 aromatic rings. The first-order valence-corrected chi connectivity index (χ1v) is 4.25. The van der Waals surface area contributed by atoms with Gasteiger partial charge in [-0.25, -0.2) is 4.98 Å². The normalized spacial score (nSPS) is 9.70. The Hall–Kier alpha value is -0.770. The van der Waals surface area contributed by atoms with Gasteiger partial charge in [-0.3, -0.25) is 4.79 Å².